The molecule has 0 N–H and O–H groups in total. The Hall–Kier alpha value is -3.03. The number of carbonyl (C=O) groups excluding carboxylic acids is 5. The number of fused-ring (bicyclic) bond motifs is 1. The number of ketones is 2. The molecule has 174 valence electrons. The summed E-state index contributed by atoms with van der Waals surface area (Å²) in [5, 5.41) is 0. The zero-order chi connectivity index (χ0) is 23.9. The van der Waals surface area contributed by atoms with Crippen LogP contribution in [0.25, 0.3) is 0 Å². The highest BCUT2D eigenvalue weighted by Gasteiger charge is 2.56. The fourth-order valence-corrected chi connectivity index (χ4v) is 4.55. The summed E-state index contributed by atoms with van der Waals surface area (Å²) in [6, 6.07) is 0. The molecule has 32 heavy (non-hydrogen) atoms. The number of ether oxygens (including phenoxy) is 3. The lowest BCUT2D eigenvalue weighted by Crippen LogP contribution is -2.43. The monoisotopic (exact) mass is 446 g/mol. The molecule has 0 radical (unpaired) electrons. The number of esters is 3. The standard InChI is InChI=1S/C24H30O8/c1-16-11-13-23(20(27)30-2,21(28)31-3)12-7-5-6-8-17-9-10-19(26)24(17,22(29)32-4)15-18(25)14-16/h5-8,14,17H,9-13,15H2,1-4H3/b7-5+,8-6+,16-14-/t17-,24-/m1/s1. The second kappa shape index (κ2) is 10.5. The van der Waals surface area contributed by atoms with E-state index in [0.29, 0.717) is 12.0 Å². The predicted molar refractivity (Wildman–Crippen MR) is 114 cm³/mol. The first kappa shape index (κ1) is 25.2. The summed E-state index contributed by atoms with van der Waals surface area (Å²) in [5.74, 6) is -3.33. The van der Waals surface area contributed by atoms with Crippen LogP contribution in [-0.2, 0) is 38.2 Å². The van der Waals surface area contributed by atoms with E-state index >= 15 is 0 Å². The molecule has 8 nitrogen and oxygen atoms in total. The first-order valence-electron chi connectivity index (χ1n) is 10.5. The van der Waals surface area contributed by atoms with E-state index in [1.807, 2.05) is 0 Å². The van der Waals surface area contributed by atoms with Crippen molar-refractivity contribution < 1.29 is 38.2 Å². The third-order valence-electron chi connectivity index (χ3n) is 6.38. The quantitative estimate of drug-likeness (QED) is 0.369. The summed E-state index contributed by atoms with van der Waals surface area (Å²) in [4.78, 5) is 63.5. The Bertz CT molecular complexity index is 862. The molecule has 0 saturated heterocycles. The molecule has 0 aromatic rings. The van der Waals surface area contributed by atoms with Crippen LogP contribution in [0.3, 0.4) is 0 Å². The van der Waals surface area contributed by atoms with Crippen molar-refractivity contribution in [2.75, 3.05) is 21.3 Å². The lowest BCUT2D eigenvalue weighted by molar-refractivity contribution is -0.169. The number of Topliss-reactive ketones (excluding diaryl/α,β-unsaturated/α-hetero) is 1. The molecular formula is C24H30O8. The van der Waals surface area contributed by atoms with Crippen molar-refractivity contribution in [3.05, 3.63) is 36.0 Å². The Kier molecular flexibility index (Phi) is 8.30. The van der Waals surface area contributed by atoms with Crippen LogP contribution >= 0.6 is 0 Å². The van der Waals surface area contributed by atoms with Crippen molar-refractivity contribution in [2.45, 2.75) is 45.4 Å². The molecule has 0 aliphatic heterocycles. The second-order valence-corrected chi connectivity index (χ2v) is 8.25. The highest BCUT2D eigenvalue weighted by Crippen LogP contribution is 2.46. The Morgan fingerprint density at radius 3 is 2.16 bits per heavy atom. The van der Waals surface area contributed by atoms with Crippen LogP contribution in [0.1, 0.15) is 45.4 Å². The van der Waals surface area contributed by atoms with E-state index in [9.17, 15) is 24.0 Å². The van der Waals surface area contributed by atoms with Gasteiger partial charge in [-0.05, 0) is 38.7 Å². The first-order valence-corrected chi connectivity index (χ1v) is 10.5. The topological polar surface area (TPSA) is 113 Å². The van der Waals surface area contributed by atoms with Gasteiger partial charge in [-0.25, -0.2) is 0 Å². The van der Waals surface area contributed by atoms with Crippen LogP contribution in [0.2, 0.25) is 0 Å². The van der Waals surface area contributed by atoms with Crippen LogP contribution in [0.5, 0.6) is 0 Å². The zero-order valence-corrected chi connectivity index (χ0v) is 19.0. The predicted octanol–water partition coefficient (Wildman–Crippen LogP) is 2.66. The summed E-state index contributed by atoms with van der Waals surface area (Å²) >= 11 is 0. The number of hydrogen-bond donors (Lipinski definition) is 0. The third kappa shape index (κ3) is 4.74. The van der Waals surface area contributed by atoms with Gasteiger partial charge in [0.1, 0.15) is 5.41 Å². The second-order valence-electron chi connectivity index (χ2n) is 8.25. The molecule has 0 bridgehead atoms. The normalized spacial score (nSPS) is 29.5. The van der Waals surface area contributed by atoms with E-state index < -0.39 is 40.4 Å². The van der Waals surface area contributed by atoms with Gasteiger partial charge < -0.3 is 14.2 Å². The van der Waals surface area contributed by atoms with Crippen molar-refractivity contribution in [1.82, 2.24) is 0 Å². The average molecular weight is 446 g/mol. The van der Waals surface area contributed by atoms with Crippen molar-refractivity contribution in [3.63, 3.8) is 0 Å². The Morgan fingerprint density at radius 2 is 1.56 bits per heavy atom. The van der Waals surface area contributed by atoms with Gasteiger partial charge in [-0.3, -0.25) is 24.0 Å². The van der Waals surface area contributed by atoms with Gasteiger partial charge in [0.25, 0.3) is 0 Å². The molecule has 0 aromatic carbocycles. The smallest absolute Gasteiger partial charge is 0.323 e. The molecule has 2 atom stereocenters. The fraction of sp³-hybridized carbons (Fsp3) is 0.542. The largest absolute Gasteiger partial charge is 0.468 e. The van der Waals surface area contributed by atoms with Gasteiger partial charge in [0.05, 0.1) is 21.3 Å². The lowest BCUT2D eigenvalue weighted by atomic mass is 9.72. The molecule has 0 unspecified atom stereocenters. The van der Waals surface area contributed by atoms with Crippen molar-refractivity contribution in [2.24, 2.45) is 16.7 Å². The molecule has 2 aliphatic carbocycles. The Labute approximate surface area is 187 Å². The van der Waals surface area contributed by atoms with Gasteiger partial charge in [-0.1, -0.05) is 29.9 Å². The molecule has 8 heteroatoms. The molecular weight excluding hydrogens is 416 g/mol. The summed E-state index contributed by atoms with van der Waals surface area (Å²) in [6.45, 7) is 1.69. The van der Waals surface area contributed by atoms with Crippen LogP contribution in [0.4, 0.5) is 0 Å². The number of carbonyl (C=O) groups is 5. The summed E-state index contributed by atoms with van der Waals surface area (Å²) in [6.07, 6.45) is 8.64. The maximum Gasteiger partial charge on any atom is 0.323 e. The van der Waals surface area contributed by atoms with Crippen LogP contribution in [0, 0.1) is 16.7 Å². The minimum Gasteiger partial charge on any atom is -0.468 e. The van der Waals surface area contributed by atoms with Crippen molar-refractivity contribution in [3.8, 4) is 0 Å². The van der Waals surface area contributed by atoms with Crippen molar-refractivity contribution >= 4 is 29.5 Å². The lowest BCUT2D eigenvalue weighted by Gasteiger charge is -2.29. The maximum atomic E-state index is 12.9. The molecule has 0 heterocycles. The minimum absolute atomic E-state index is 0.0314. The highest BCUT2D eigenvalue weighted by atomic mass is 16.5. The number of hydrogen-bond acceptors (Lipinski definition) is 8. The summed E-state index contributed by atoms with van der Waals surface area (Å²) in [7, 11) is 3.62. The first-order chi connectivity index (χ1) is 15.2. The van der Waals surface area contributed by atoms with Gasteiger partial charge >= 0.3 is 17.9 Å². The Morgan fingerprint density at radius 1 is 0.938 bits per heavy atom. The molecule has 1 saturated carbocycles. The van der Waals surface area contributed by atoms with Gasteiger partial charge in [0.2, 0.25) is 0 Å². The van der Waals surface area contributed by atoms with Crippen LogP contribution < -0.4 is 0 Å². The molecule has 2 aliphatic rings. The molecule has 1 fully saturated rings. The average Bonchev–Trinajstić information content (AvgIpc) is 3.09. The third-order valence-corrected chi connectivity index (χ3v) is 6.38. The molecule has 0 aromatic heterocycles. The highest BCUT2D eigenvalue weighted by molar-refractivity contribution is 6.10. The molecule has 0 amide bonds. The zero-order valence-electron chi connectivity index (χ0n) is 19.0. The number of methoxy groups -OCH3 is 3. The van der Waals surface area contributed by atoms with E-state index in [4.69, 9.17) is 14.2 Å². The number of allylic oxidation sites excluding steroid dienone is 6. The summed E-state index contributed by atoms with van der Waals surface area (Å²) < 4.78 is 14.7. The van der Waals surface area contributed by atoms with Crippen LogP contribution in [-0.4, -0.2) is 50.8 Å². The van der Waals surface area contributed by atoms with Gasteiger partial charge in [-0.2, -0.15) is 0 Å². The molecule has 0 spiro atoms. The SMILES string of the molecule is COC(=O)C1(C(=O)OC)C/C=C/C=C/[C@@H]2CCC(=O)[C@@]2(C(=O)OC)CC(=O)/C=C(/C)CC1. The minimum atomic E-state index is -1.55. The van der Waals surface area contributed by atoms with E-state index in [0.717, 1.165) is 0 Å². The van der Waals surface area contributed by atoms with E-state index in [1.54, 1.807) is 31.2 Å². The number of rotatable bonds is 3. The van der Waals surface area contributed by atoms with E-state index in [-0.39, 0.29) is 37.9 Å². The van der Waals surface area contributed by atoms with Crippen LogP contribution in [0.15, 0.2) is 36.0 Å². The van der Waals surface area contributed by atoms with Crippen molar-refractivity contribution in [1.29, 1.82) is 0 Å². The van der Waals surface area contributed by atoms with Gasteiger partial charge in [-0.15, -0.1) is 0 Å². The maximum absolute atomic E-state index is 12.9. The Balaban J connectivity index is 2.54. The van der Waals surface area contributed by atoms with E-state index in [1.165, 1.54) is 27.4 Å². The molecule has 2 rings (SSSR count). The van der Waals surface area contributed by atoms with E-state index in [2.05, 4.69) is 0 Å². The van der Waals surface area contributed by atoms with Gasteiger partial charge in [0, 0.05) is 18.8 Å². The fourth-order valence-electron chi connectivity index (χ4n) is 4.55. The van der Waals surface area contributed by atoms with Gasteiger partial charge in [0.15, 0.2) is 17.0 Å². The summed E-state index contributed by atoms with van der Waals surface area (Å²) in [5.41, 5.74) is -2.49.